The van der Waals surface area contributed by atoms with E-state index in [1.165, 1.54) is 19.2 Å². The lowest BCUT2D eigenvalue weighted by atomic mass is 10.3. The Morgan fingerprint density at radius 1 is 1.45 bits per heavy atom. The van der Waals surface area contributed by atoms with Crippen LogP contribution in [-0.4, -0.2) is 30.5 Å². The molecule has 0 radical (unpaired) electrons. The summed E-state index contributed by atoms with van der Waals surface area (Å²) in [5.74, 6) is 0. The first-order valence-electron chi connectivity index (χ1n) is 4.07. The second kappa shape index (κ2) is 3.49. The molecule has 0 amide bonds. The molecule has 1 heterocycles. The molecule has 3 nitrogen and oxygen atoms in total. The molecule has 3 heteroatoms. The van der Waals surface area contributed by atoms with Crippen LogP contribution < -0.4 is 0 Å². The Kier molecular flexibility index (Phi) is 2.61. The van der Waals surface area contributed by atoms with Crippen LogP contribution >= 0.6 is 0 Å². The predicted molar refractivity (Wildman–Crippen MR) is 43.1 cm³/mol. The van der Waals surface area contributed by atoms with Crippen molar-refractivity contribution in [3.63, 3.8) is 0 Å². The van der Waals surface area contributed by atoms with Crippen LogP contribution in [0.2, 0.25) is 0 Å². The zero-order valence-corrected chi connectivity index (χ0v) is 6.71. The topological polar surface area (TPSA) is 47.6 Å². The minimum Gasteiger partial charge on any atom is -0.281 e. The van der Waals surface area contributed by atoms with Gasteiger partial charge in [-0.15, -0.1) is 0 Å². The quantitative estimate of drug-likeness (QED) is 0.367. The van der Waals surface area contributed by atoms with Gasteiger partial charge in [0.15, 0.2) is 6.34 Å². The van der Waals surface area contributed by atoms with Crippen LogP contribution in [0.15, 0.2) is 0 Å². The fourth-order valence-corrected chi connectivity index (χ4v) is 1.66. The summed E-state index contributed by atoms with van der Waals surface area (Å²) in [5.41, 5.74) is 0. The van der Waals surface area contributed by atoms with Crippen LogP contribution in [0.4, 0.5) is 0 Å². The molecule has 0 unspecified atom stereocenters. The van der Waals surface area contributed by atoms with E-state index in [9.17, 15) is 0 Å². The van der Waals surface area contributed by atoms with Crippen LogP contribution in [0, 0.1) is 16.7 Å². The van der Waals surface area contributed by atoms with Gasteiger partial charge in [-0.1, -0.05) is 0 Å². The molecule has 60 valence electrons. The highest BCUT2D eigenvalue weighted by molar-refractivity contribution is 5.41. The third-order valence-electron chi connectivity index (χ3n) is 2.40. The van der Waals surface area contributed by atoms with Crippen LogP contribution in [0.25, 0.3) is 0 Å². The lowest BCUT2D eigenvalue weighted by Crippen LogP contribution is -2.44. The van der Waals surface area contributed by atoms with Crippen LogP contribution in [0.3, 0.4) is 0 Å². The normalized spacial score (nSPS) is 21.0. The molecule has 0 atom stereocenters. The summed E-state index contributed by atoms with van der Waals surface area (Å²) in [7, 11) is 0. The van der Waals surface area contributed by atoms with Gasteiger partial charge in [0.25, 0.3) is 0 Å². The number of rotatable bonds is 3. The average molecular weight is 152 g/mol. The lowest BCUT2D eigenvalue weighted by Gasteiger charge is -2.26. The summed E-state index contributed by atoms with van der Waals surface area (Å²) in [6, 6.07) is 2.13. The summed E-state index contributed by atoms with van der Waals surface area (Å²) in [6.07, 6.45) is 4.50. The second-order valence-corrected chi connectivity index (χ2v) is 3.13. The van der Waals surface area contributed by atoms with E-state index >= 15 is 0 Å². The summed E-state index contributed by atoms with van der Waals surface area (Å²) in [5, 5.41) is 15.7. The number of nitrogens with zero attached hydrogens (tertiary/aromatic N) is 2. The van der Waals surface area contributed by atoms with Gasteiger partial charge in [0.2, 0.25) is 0 Å². The van der Waals surface area contributed by atoms with Gasteiger partial charge >= 0.3 is 0 Å². The standard InChI is InChI=1S/C8H14N3/c9-4-3-7-11(8-10)5-1-2-6-11/h8,10H,1-3,5-7H2/q+1. The Balaban J connectivity index is 2.47. The van der Waals surface area contributed by atoms with Gasteiger partial charge in [-0.2, -0.15) is 5.26 Å². The fraction of sp³-hybridized carbons (Fsp3) is 0.750. The van der Waals surface area contributed by atoms with Crippen LogP contribution in [0.1, 0.15) is 19.3 Å². The Hall–Kier alpha value is -0.880. The Bertz CT molecular complexity index is 174. The van der Waals surface area contributed by atoms with E-state index < -0.39 is 0 Å². The van der Waals surface area contributed by atoms with Gasteiger partial charge in [0, 0.05) is 12.8 Å². The summed E-state index contributed by atoms with van der Waals surface area (Å²) >= 11 is 0. The molecule has 0 spiro atoms. The molecule has 0 aromatic heterocycles. The maximum Gasteiger partial charge on any atom is 0.182 e. The van der Waals surface area contributed by atoms with Gasteiger partial charge in [-0.05, 0) is 0 Å². The zero-order valence-electron chi connectivity index (χ0n) is 6.71. The van der Waals surface area contributed by atoms with Gasteiger partial charge in [0.05, 0.1) is 32.1 Å². The number of quaternary nitrogens is 1. The largest absolute Gasteiger partial charge is 0.281 e. The Morgan fingerprint density at radius 2 is 2.09 bits per heavy atom. The SMILES string of the molecule is N#CCC[N+]1(C=N)CCCC1. The van der Waals surface area contributed by atoms with Crippen molar-refractivity contribution in [2.24, 2.45) is 0 Å². The number of nitrogens with one attached hydrogen (secondary N) is 1. The smallest absolute Gasteiger partial charge is 0.182 e. The minimum atomic E-state index is 0.579. The van der Waals surface area contributed by atoms with Crippen molar-refractivity contribution in [1.82, 2.24) is 0 Å². The van der Waals surface area contributed by atoms with Gasteiger partial charge in [-0.3, -0.25) is 9.89 Å². The molecule has 0 aliphatic carbocycles. The van der Waals surface area contributed by atoms with E-state index in [0.717, 1.165) is 24.1 Å². The molecule has 0 aromatic carbocycles. The van der Waals surface area contributed by atoms with E-state index in [2.05, 4.69) is 6.07 Å². The molecular weight excluding hydrogens is 138 g/mol. The van der Waals surface area contributed by atoms with Crippen molar-refractivity contribution in [3.05, 3.63) is 0 Å². The number of likely N-dealkylation sites (tertiary alicyclic amines) is 1. The average Bonchev–Trinajstić information content (AvgIpc) is 2.50. The Morgan fingerprint density at radius 3 is 2.55 bits per heavy atom. The van der Waals surface area contributed by atoms with Crippen LogP contribution in [-0.2, 0) is 0 Å². The summed E-state index contributed by atoms with van der Waals surface area (Å²) in [6.45, 7) is 2.95. The van der Waals surface area contributed by atoms with Crippen molar-refractivity contribution in [2.75, 3.05) is 19.6 Å². The summed E-state index contributed by atoms with van der Waals surface area (Å²) in [4.78, 5) is 0. The maximum absolute atomic E-state index is 8.40. The van der Waals surface area contributed by atoms with E-state index in [1.54, 1.807) is 0 Å². The highest BCUT2D eigenvalue weighted by Gasteiger charge is 2.29. The van der Waals surface area contributed by atoms with E-state index in [4.69, 9.17) is 10.7 Å². The van der Waals surface area contributed by atoms with Crippen molar-refractivity contribution >= 4 is 6.34 Å². The summed E-state index contributed by atoms with van der Waals surface area (Å²) < 4.78 is 0.744. The molecule has 11 heavy (non-hydrogen) atoms. The highest BCUT2D eigenvalue weighted by Crippen LogP contribution is 2.16. The number of hydrogen-bond acceptors (Lipinski definition) is 2. The number of hydrogen-bond donors (Lipinski definition) is 1. The molecule has 0 aromatic rings. The molecule has 1 N–H and O–H groups in total. The van der Waals surface area contributed by atoms with Crippen molar-refractivity contribution in [2.45, 2.75) is 19.3 Å². The fourth-order valence-electron chi connectivity index (χ4n) is 1.66. The molecule has 1 saturated heterocycles. The van der Waals surface area contributed by atoms with E-state index in [1.807, 2.05) is 0 Å². The second-order valence-electron chi connectivity index (χ2n) is 3.13. The first-order chi connectivity index (χ1) is 5.33. The number of nitriles is 1. The van der Waals surface area contributed by atoms with Crippen molar-refractivity contribution < 1.29 is 4.48 Å². The molecule has 1 rings (SSSR count). The van der Waals surface area contributed by atoms with E-state index in [-0.39, 0.29) is 0 Å². The maximum atomic E-state index is 8.40. The Labute approximate surface area is 67.3 Å². The van der Waals surface area contributed by atoms with Crippen molar-refractivity contribution in [3.8, 4) is 6.07 Å². The molecule has 1 aliphatic rings. The first kappa shape index (κ1) is 8.22. The molecule has 1 aliphatic heterocycles. The highest BCUT2D eigenvalue weighted by atomic mass is 15.4. The van der Waals surface area contributed by atoms with Crippen molar-refractivity contribution in [1.29, 1.82) is 10.7 Å². The van der Waals surface area contributed by atoms with Gasteiger partial charge < -0.3 is 0 Å². The molecule has 0 saturated carbocycles. The molecule has 0 bridgehead atoms. The monoisotopic (exact) mass is 152 g/mol. The third kappa shape index (κ3) is 1.78. The van der Waals surface area contributed by atoms with Gasteiger partial charge in [-0.25, -0.2) is 0 Å². The zero-order chi connectivity index (χ0) is 8.16. The van der Waals surface area contributed by atoms with Gasteiger partial charge in [0.1, 0.15) is 0 Å². The first-order valence-corrected chi connectivity index (χ1v) is 4.07. The minimum absolute atomic E-state index is 0.579. The third-order valence-corrected chi connectivity index (χ3v) is 2.40. The molecule has 1 fully saturated rings. The van der Waals surface area contributed by atoms with E-state index in [0.29, 0.717) is 6.42 Å². The molecular formula is C8H14N3+. The van der Waals surface area contributed by atoms with Crippen LogP contribution in [0.5, 0.6) is 0 Å². The lowest BCUT2D eigenvalue weighted by molar-refractivity contribution is -0.822. The predicted octanol–water partition coefficient (Wildman–Crippen LogP) is 1.12.